The summed E-state index contributed by atoms with van der Waals surface area (Å²) in [6.45, 7) is 0. The molecule has 74 valence electrons. The average molecular weight is 193 g/mol. The molecule has 1 aliphatic rings. The number of nitrogens with zero attached hydrogens (tertiary/aromatic N) is 1. The molecule has 1 heterocycles. The molecule has 0 saturated heterocycles. The van der Waals surface area contributed by atoms with Crippen molar-refractivity contribution >= 4 is 5.97 Å². The van der Waals surface area contributed by atoms with Gasteiger partial charge in [0, 0.05) is 11.6 Å². The number of carboxylic acids is 1. The van der Waals surface area contributed by atoms with Crippen molar-refractivity contribution in [1.82, 2.24) is 4.98 Å². The van der Waals surface area contributed by atoms with Crippen molar-refractivity contribution in [3.63, 3.8) is 0 Å². The van der Waals surface area contributed by atoms with Crippen molar-refractivity contribution in [1.29, 1.82) is 0 Å². The zero-order valence-electron chi connectivity index (χ0n) is 7.86. The van der Waals surface area contributed by atoms with E-state index in [1.165, 1.54) is 13.3 Å². The Kier molecular flexibility index (Phi) is 2.11. The molecule has 1 aliphatic carbocycles. The zero-order chi connectivity index (χ0) is 10.1. The molecular formula is C10H11NO3. The molecule has 0 radical (unpaired) electrons. The second-order valence-corrected chi connectivity index (χ2v) is 3.39. The standard InChI is InChI=1S/C10H11NO3/c1-14-9-5-11-8(6-2-3-6)4-7(9)10(12)13/h4-6H,2-3H2,1H3,(H,12,13). The first-order valence-electron chi connectivity index (χ1n) is 4.49. The number of carbonyl (C=O) groups is 1. The lowest BCUT2D eigenvalue weighted by Gasteiger charge is -2.05. The van der Waals surface area contributed by atoms with Gasteiger partial charge in [0.15, 0.2) is 5.75 Å². The van der Waals surface area contributed by atoms with Crippen LogP contribution in [-0.2, 0) is 0 Å². The largest absolute Gasteiger partial charge is 0.494 e. The molecule has 0 atom stereocenters. The van der Waals surface area contributed by atoms with Crippen LogP contribution in [0, 0.1) is 0 Å². The van der Waals surface area contributed by atoms with E-state index in [1.54, 1.807) is 6.07 Å². The second kappa shape index (κ2) is 3.29. The van der Waals surface area contributed by atoms with Crippen LogP contribution < -0.4 is 4.74 Å². The lowest BCUT2D eigenvalue weighted by Crippen LogP contribution is -2.02. The number of aromatic nitrogens is 1. The van der Waals surface area contributed by atoms with Crippen LogP contribution in [0.4, 0.5) is 0 Å². The quantitative estimate of drug-likeness (QED) is 0.793. The molecule has 4 heteroatoms. The van der Waals surface area contributed by atoms with Crippen molar-refractivity contribution in [3.8, 4) is 5.75 Å². The molecule has 2 rings (SSSR count). The summed E-state index contributed by atoms with van der Waals surface area (Å²) < 4.78 is 4.92. The van der Waals surface area contributed by atoms with Gasteiger partial charge in [-0.05, 0) is 18.9 Å². The first-order chi connectivity index (χ1) is 6.72. The van der Waals surface area contributed by atoms with Gasteiger partial charge in [0.1, 0.15) is 5.56 Å². The van der Waals surface area contributed by atoms with E-state index in [0.29, 0.717) is 11.7 Å². The minimum absolute atomic E-state index is 0.199. The van der Waals surface area contributed by atoms with Gasteiger partial charge in [-0.3, -0.25) is 4.98 Å². The number of pyridine rings is 1. The monoisotopic (exact) mass is 193 g/mol. The van der Waals surface area contributed by atoms with Crippen molar-refractivity contribution < 1.29 is 14.6 Å². The Labute approximate surface area is 81.5 Å². The summed E-state index contributed by atoms with van der Waals surface area (Å²) in [5.41, 5.74) is 1.06. The number of hydrogen-bond donors (Lipinski definition) is 1. The Hall–Kier alpha value is -1.58. The molecule has 14 heavy (non-hydrogen) atoms. The minimum atomic E-state index is -0.967. The van der Waals surface area contributed by atoms with Gasteiger partial charge < -0.3 is 9.84 Å². The highest BCUT2D eigenvalue weighted by Crippen LogP contribution is 2.39. The van der Waals surface area contributed by atoms with Crippen LogP contribution in [-0.4, -0.2) is 23.2 Å². The molecule has 1 fully saturated rings. The van der Waals surface area contributed by atoms with Crippen molar-refractivity contribution in [2.24, 2.45) is 0 Å². The maximum absolute atomic E-state index is 10.9. The summed E-state index contributed by atoms with van der Waals surface area (Å²) in [6.07, 6.45) is 3.70. The Balaban J connectivity index is 2.40. The maximum Gasteiger partial charge on any atom is 0.339 e. The Bertz CT molecular complexity index is 372. The molecule has 1 N–H and O–H groups in total. The highest BCUT2D eigenvalue weighted by molar-refractivity contribution is 5.90. The van der Waals surface area contributed by atoms with Gasteiger partial charge in [-0.1, -0.05) is 0 Å². The second-order valence-electron chi connectivity index (χ2n) is 3.39. The number of rotatable bonds is 3. The number of methoxy groups -OCH3 is 1. The van der Waals surface area contributed by atoms with E-state index in [0.717, 1.165) is 18.5 Å². The van der Waals surface area contributed by atoms with Gasteiger partial charge in [0.05, 0.1) is 13.3 Å². The summed E-state index contributed by atoms with van der Waals surface area (Å²) in [7, 11) is 1.44. The zero-order valence-corrected chi connectivity index (χ0v) is 7.86. The van der Waals surface area contributed by atoms with Crippen LogP contribution in [0.15, 0.2) is 12.3 Å². The Morgan fingerprint density at radius 3 is 2.86 bits per heavy atom. The van der Waals surface area contributed by atoms with Crippen LogP contribution in [0.5, 0.6) is 5.75 Å². The number of ether oxygens (including phenoxy) is 1. The van der Waals surface area contributed by atoms with E-state index < -0.39 is 5.97 Å². The van der Waals surface area contributed by atoms with Gasteiger partial charge in [0.25, 0.3) is 0 Å². The first-order valence-corrected chi connectivity index (χ1v) is 4.49. The predicted octanol–water partition coefficient (Wildman–Crippen LogP) is 1.67. The average Bonchev–Trinajstić information content (AvgIpc) is 3.00. The van der Waals surface area contributed by atoms with Gasteiger partial charge in [-0.25, -0.2) is 4.79 Å². The van der Waals surface area contributed by atoms with E-state index in [-0.39, 0.29) is 5.56 Å². The normalized spacial score (nSPS) is 15.2. The number of carboxylic acid groups (broad SMARTS) is 1. The van der Waals surface area contributed by atoms with Crippen LogP contribution in [0.1, 0.15) is 34.8 Å². The lowest BCUT2D eigenvalue weighted by molar-refractivity contribution is 0.0693. The highest BCUT2D eigenvalue weighted by Gasteiger charge is 2.26. The Morgan fingerprint density at radius 2 is 2.36 bits per heavy atom. The summed E-state index contributed by atoms with van der Waals surface area (Å²) in [5.74, 6) is -0.188. The van der Waals surface area contributed by atoms with Crippen LogP contribution in [0.2, 0.25) is 0 Å². The van der Waals surface area contributed by atoms with Crippen LogP contribution in [0.3, 0.4) is 0 Å². The Morgan fingerprint density at radius 1 is 1.64 bits per heavy atom. The summed E-state index contributed by atoms with van der Waals surface area (Å²) in [4.78, 5) is 15.0. The molecule has 0 amide bonds. The van der Waals surface area contributed by atoms with E-state index in [4.69, 9.17) is 9.84 Å². The van der Waals surface area contributed by atoms with Crippen molar-refractivity contribution in [3.05, 3.63) is 23.5 Å². The molecule has 0 spiro atoms. The lowest BCUT2D eigenvalue weighted by atomic mass is 10.1. The van der Waals surface area contributed by atoms with Crippen LogP contribution in [0.25, 0.3) is 0 Å². The fraction of sp³-hybridized carbons (Fsp3) is 0.400. The van der Waals surface area contributed by atoms with Crippen molar-refractivity contribution in [2.45, 2.75) is 18.8 Å². The maximum atomic E-state index is 10.9. The van der Waals surface area contributed by atoms with E-state index in [9.17, 15) is 4.79 Å². The third-order valence-electron chi connectivity index (χ3n) is 2.33. The third-order valence-corrected chi connectivity index (χ3v) is 2.33. The smallest absolute Gasteiger partial charge is 0.339 e. The van der Waals surface area contributed by atoms with Crippen molar-refractivity contribution in [2.75, 3.05) is 7.11 Å². The third kappa shape index (κ3) is 1.55. The summed E-state index contributed by atoms with van der Waals surface area (Å²) in [5, 5.41) is 8.92. The molecular weight excluding hydrogens is 182 g/mol. The first kappa shape index (κ1) is 8.99. The van der Waals surface area contributed by atoms with E-state index >= 15 is 0 Å². The number of aromatic carboxylic acids is 1. The van der Waals surface area contributed by atoms with Gasteiger partial charge in [-0.2, -0.15) is 0 Å². The predicted molar refractivity (Wildman–Crippen MR) is 49.7 cm³/mol. The molecule has 0 bridgehead atoms. The van der Waals surface area contributed by atoms with Gasteiger partial charge in [-0.15, -0.1) is 0 Å². The fourth-order valence-corrected chi connectivity index (χ4v) is 1.39. The van der Waals surface area contributed by atoms with E-state index in [1.807, 2.05) is 0 Å². The number of hydrogen-bond acceptors (Lipinski definition) is 3. The summed E-state index contributed by atoms with van der Waals surface area (Å²) >= 11 is 0. The topological polar surface area (TPSA) is 59.4 Å². The molecule has 4 nitrogen and oxygen atoms in total. The molecule has 1 saturated carbocycles. The molecule has 0 aromatic carbocycles. The van der Waals surface area contributed by atoms with Gasteiger partial charge in [0.2, 0.25) is 0 Å². The van der Waals surface area contributed by atoms with E-state index in [2.05, 4.69) is 4.98 Å². The summed E-state index contributed by atoms with van der Waals surface area (Å²) in [6, 6.07) is 1.61. The van der Waals surface area contributed by atoms with Gasteiger partial charge >= 0.3 is 5.97 Å². The SMILES string of the molecule is COc1cnc(C2CC2)cc1C(=O)O. The molecule has 0 aliphatic heterocycles. The fourth-order valence-electron chi connectivity index (χ4n) is 1.39. The molecule has 0 unspecified atom stereocenters. The molecule has 1 aromatic rings. The molecule has 1 aromatic heterocycles. The van der Waals surface area contributed by atoms with Crippen LogP contribution >= 0.6 is 0 Å². The minimum Gasteiger partial charge on any atom is -0.494 e. The highest BCUT2D eigenvalue weighted by atomic mass is 16.5.